The third-order valence-electron chi connectivity index (χ3n) is 4.04. The molecule has 134 valence electrons. The van der Waals surface area contributed by atoms with Crippen molar-refractivity contribution in [1.82, 2.24) is 4.98 Å². The first-order valence-electron chi connectivity index (χ1n) is 8.20. The van der Waals surface area contributed by atoms with Gasteiger partial charge in [0.25, 0.3) is 0 Å². The Morgan fingerprint density at radius 2 is 1.96 bits per heavy atom. The van der Waals surface area contributed by atoms with Gasteiger partial charge in [0.05, 0.1) is 33.0 Å². The van der Waals surface area contributed by atoms with Crippen molar-refractivity contribution in [3.8, 4) is 22.1 Å². The molecule has 0 aliphatic carbocycles. The van der Waals surface area contributed by atoms with Crippen molar-refractivity contribution in [3.05, 3.63) is 70.7 Å². The van der Waals surface area contributed by atoms with Crippen LogP contribution in [0.5, 0.6) is 11.5 Å². The Bertz CT molecular complexity index is 1120. The lowest BCUT2D eigenvalue weighted by molar-refractivity contribution is 0.412. The summed E-state index contributed by atoms with van der Waals surface area (Å²) in [6, 6.07) is 19.0. The van der Waals surface area contributed by atoms with Gasteiger partial charge in [0.15, 0.2) is 0 Å². The van der Waals surface area contributed by atoms with Crippen LogP contribution in [0, 0.1) is 0 Å². The molecule has 27 heavy (non-hydrogen) atoms. The summed E-state index contributed by atoms with van der Waals surface area (Å²) in [5, 5.41) is 11.1. The Hall–Kier alpha value is -2.70. The van der Waals surface area contributed by atoms with Gasteiger partial charge in [0.1, 0.15) is 16.5 Å². The van der Waals surface area contributed by atoms with Gasteiger partial charge in [-0.25, -0.2) is 4.98 Å². The fourth-order valence-corrected chi connectivity index (χ4v) is 4.22. The van der Waals surface area contributed by atoms with Crippen molar-refractivity contribution in [2.24, 2.45) is 4.99 Å². The highest BCUT2D eigenvalue weighted by Crippen LogP contribution is 2.37. The number of ether oxygens (including phenoxy) is 1. The summed E-state index contributed by atoms with van der Waals surface area (Å²) in [7, 11) is 1.63. The number of hydrogen-bond donors (Lipinski definition) is 1. The zero-order valence-electron chi connectivity index (χ0n) is 14.4. The van der Waals surface area contributed by atoms with Gasteiger partial charge in [-0.1, -0.05) is 12.1 Å². The molecule has 0 saturated heterocycles. The molecule has 3 aromatic carbocycles. The summed E-state index contributed by atoms with van der Waals surface area (Å²) >= 11 is 5.03. The van der Waals surface area contributed by atoms with E-state index in [1.807, 2.05) is 48.5 Å². The van der Waals surface area contributed by atoms with E-state index < -0.39 is 0 Å². The van der Waals surface area contributed by atoms with Crippen LogP contribution < -0.4 is 4.74 Å². The van der Waals surface area contributed by atoms with Crippen LogP contribution in [-0.4, -0.2) is 23.4 Å². The van der Waals surface area contributed by atoms with Gasteiger partial charge in [-0.05, 0) is 70.0 Å². The number of benzene rings is 3. The molecular formula is C21H15BrN2O2S. The Labute approximate surface area is 168 Å². The highest BCUT2D eigenvalue weighted by Gasteiger charge is 2.11. The van der Waals surface area contributed by atoms with E-state index in [1.54, 1.807) is 36.8 Å². The lowest BCUT2D eigenvalue weighted by atomic mass is 10.2. The van der Waals surface area contributed by atoms with Crippen LogP contribution >= 0.6 is 27.3 Å². The van der Waals surface area contributed by atoms with Crippen LogP contribution in [0.15, 0.2) is 70.1 Å². The van der Waals surface area contributed by atoms with Crippen molar-refractivity contribution in [2.45, 2.75) is 0 Å². The summed E-state index contributed by atoms with van der Waals surface area (Å²) in [6.07, 6.45) is 1.78. The molecule has 0 radical (unpaired) electrons. The number of para-hydroxylation sites is 1. The molecule has 0 unspecified atom stereocenters. The molecule has 1 heterocycles. The van der Waals surface area contributed by atoms with Gasteiger partial charge < -0.3 is 9.84 Å². The van der Waals surface area contributed by atoms with Crippen LogP contribution in [0.25, 0.3) is 20.8 Å². The maximum absolute atomic E-state index is 10.3. The molecule has 6 heteroatoms. The van der Waals surface area contributed by atoms with Gasteiger partial charge >= 0.3 is 0 Å². The van der Waals surface area contributed by atoms with Gasteiger partial charge in [0.2, 0.25) is 0 Å². The molecule has 1 aromatic heterocycles. The van der Waals surface area contributed by atoms with Gasteiger partial charge in [-0.15, -0.1) is 11.3 Å². The standard InChI is InChI=1S/C21H15BrN2O2S/c1-26-19-9-6-13(10-16(19)22)12-23-14-7-8-18(25)15(11-14)21-24-17-4-2-3-5-20(17)27-21/h2-12,25H,1H3. The summed E-state index contributed by atoms with van der Waals surface area (Å²) in [5.41, 5.74) is 3.29. The largest absolute Gasteiger partial charge is 0.507 e. The lowest BCUT2D eigenvalue weighted by Gasteiger charge is -2.04. The third-order valence-corrected chi connectivity index (χ3v) is 5.73. The van der Waals surface area contributed by atoms with E-state index in [0.29, 0.717) is 5.56 Å². The predicted octanol–water partition coefficient (Wildman–Crippen LogP) is 6.19. The average Bonchev–Trinajstić information content (AvgIpc) is 3.11. The van der Waals surface area contributed by atoms with Gasteiger partial charge in [0, 0.05) is 6.21 Å². The van der Waals surface area contributed by atoms with E-state index in [1.165, 1.54) is 0 Å². The minimum Gasteiger partial charge on any atom is -0.507 e. The normalized spacial score (nSPS) is 11.3. The second-order valence-corrected chi connectivity index (χ2v) is 7.73. The van der Waals surface area contributed by atoms with E-state index in [9.17, 15) is 5.11 Å². The molecule has 0 aliphatic heterocycles. The molecule has 1 N–H and O–H groups in total. The molecule has 4 nitrogen and oxygen atoms in total. The fraction of sp³-hybridized carbons (Fsp3) is 0.0476. The van der Waals surface area contributed by atoms with E-state index in [4.69, 9.17) is 4.74 Å². The Balaban J connectivity index is 1.67. The Morgan fingerprint density at radius 3 is 2.74 bits per heavy atom. The average molecular weight is 439 g/mol. The molecule has 4 rings (SSSR count). The number of aromatic hydroxyl groups is 1. The Kier molecular flexibility index (Phi) is 4.92. The maximum atomic E-state index is 10.3. The first kappa shape index (κ1) is 17.7. The quantitative estimate of drug-likeness (QED) is 0.386. The highest BCUT2D eigenvalue weighted by molar-refractivity contribution is 9.10. The van der Waals surface area contributed by atoms with Crippen molar-refractivity contribution in [1.29, 1.82) is 0 Å². The number of hydrogen-bond acceptors (Lipinski definition) is 5. The van der Waals surface area contributed by atoms with Crippen molar-refractivity contribution in [3.63, 3.8) is 0 Å². The minimum absolute atomic E-state index is 0.195. The van der Waals surface area contributed by atoms with Crippen LogP contribution in [0.2, 0.25) is 0 Å². The molecular weight excluding hydrogens is 424 g/mol. The number of rotatable bonds is 4. The number of phenols is 1. The van der Waals surface area contributed by atoms with E-state index >= 15 is 0 Å². The second-order valence-electron chi connectivity index (χ2n) is 5.84. The fourth-order valence-electron chi connectivity index (χ4n) is 2.68. The second kappa shape index (κ2) is 7.50. The van der Waals surface area contributed by atoms with Crippen LogP contribution in [0.3, 0.4) is 0 Å². The van der Waals surface area contributed by atoms with Crippen molar-refractivity contribution < 1.29 is 9.84 Å². The van der Waals surface area contributed by atoms with Crippen LogP contribution in [0.4, 0.5) is 5.69 Å². The first-order chi connectivity index (χ1) is 13.1. The smallest absolute Gasteiger partial charge is 0.133 e. The summed E-state index contributed by atoms with van der Waals surface area (Å²) < 4.78 is 7.20. The molecule has 0 spiro atoms. The maximum Gasteiger partial charge on any atom is 0.133 e. The van der Waals surface area contributed by atoms with E-state index in [-0.39, 0.29) is 5.75 Å². The molecule has 0 amide bonds. The molecule has 0 bridgehead atoms. The zero-order chi connectivity index (χ0) is 18.8. The molecule has 4 aromatic rings. The van der Waals surface area contributed by atoms with Crippen molar-refractivity contribution >= 4 is 49.4 Å². The van der Waals surface area contributed by atoms with Crippen LogP contribution in [-0.2, 0) is 0 Å². The topological polar surface area (TPSA) is 54.7 Å². The summed E-state index contributed by atoms with van der Waals surface area (Å²) in [6.45, 7) is 0. The summed E-state index contributed by atoms with van der Waals surface area (Å²) in [4.78, 5) is 9.15. The first-order valence-corrected chi connectivity index (χ1v) is 9.81. The molecule has 0 atom stereocenters. The monoisotopic (exact) mass is 438 g/mol. The Morgan fingerprint density at radius 1 is 1.11 bits per heavy atom. The number of phenolic OH excluding ortho intramolecular Hbond substituents is 1. The number of methoxy groups -OCH3 is 1. The predicted molar refractivity (Wildman–Crippen MR) is 115 cm³/mol. The minimum atomic E-state index is 0.195. The molecule has 0 aliphatic rings. The van der Waals surface area contributed by atoms with Gasteiger partial charge in [-0.2, -0.15) is 0 Å². The van der Waals surface area contributed by atoms with Crippen molar-refractivity contribution in [2.75, 3.05) is 7.11 Å². The number of halogens is 1. The highest BCUT2D eigenvalue weighted by atomic mass is 79.9. The van der Waals surface area contributed by atoms with Crippen LogP contribution in [0.1, 0.15) is 5.56 Å². The number of fused-ring (bicyclic) bond motifs is 1. The zero-order valence-corrected chi connectivity index (χ0v) is 16.8. The molecule has 0 saturated carbocycles. The van der Waals surface area contributed by atoms with E-state index in [2.05, 4.69) is 25.9 Å². The SMILES string of the molecule is COc1ccc(C=Nc2ccc(O)c(-c3nc4ccccc4s3)c2)cc1Br. The van der Waals surface area contributed by atoms with E-state index in [0.717, 1.165) is 36.7 Å². The number of aliphatic imine (C=N–C) groups is 1. The van der Waals surface area contributed by atoms with Gasteiger partial charge in [-0.3, -0.25) is 4.99 Å². The summed E-state index contributed by atoms with van der Waals surface area (Å²) in [5.74, 6) is 0.968. The lowest BCUT2D eigenvalue weighted by Crippen LogP contribution is -1.87. The number of nitrogens with zero attached hydrogens (tertiary/aromatic N) is 2. The number of thiazole rings is 1. The number of aromatic nitrogens is 1. The third kappa shape index (κ3) is 3.72. The molecule has 0 fully saturated rings.